The molecule has 7 heteroatoms. The van der Waals surface area contributed by atoms with Gasteiger partial charge < -0.3 is 23.7 Å². The third-order valence-corrected chi connectivity index (χ3v) is 7.60. The van der Waals surface area contributed by atoms with Crippen molar-refractivity contribution >= 4 is 16.9 Å². The molecule has 0 saturated carbocycles. The number of ether oxygens (including phenoxy) is 1. The van der Waals surface area contributed by atoms with Crippen molar-refractivity contribution in [2.24, 2.45) is 0 Å². The van der Waals surface area contributed by atoms with Gasteiger partial charge in [0.1, 0.15) is 29.0 Å². The fourth-order valence-electron chi connectivity index (χ4n) is 5.65. The normalized spacial score (nSPS) is 15.8. The quantitative estimate of drug-likeness (QED) is 0.301. The zero-order valence-corrected chi connectivity index (χ0v) is 22.2. The number of carbonyl (C=O) groups is 1. The number of hydrogen-bond donors (Lipinski definition) is 1. The molecule has 6 rings (SSSR count). The van der Waals surface area contributed by atoms with Gasteiger partial charge in [0.25, 0.3) is 0 Å². The van der Waals surface area contributed by atoms with Gasteiger partial charge >= 0.3 is 0 Å². The maximum atomic E-state index is 13.8. The lowest BCUT2D eigenvalue weighted by molar-refractivity contribution is -0.132. The molecule has 2 aromatic heterocycles. The highest BCUT2D eigenvalue weighted by atomic mass is 16.5. The van der Waals surface area contributed by atoms with Gasteiger partial charge in [-0.3, -0.25) is 4.79 Å². The molecule has 2 atom stereocenters. The van der Waals surface area contributed by atoms with E-state index >= 15 is 0 Å². The lowest BCUT2D eigenvalue weighted by atomic mass is 9.87. The monoisotopic (exact) mass is 522 g/mol. The summed E-state index contributed by atoms with van der Waals surface area (Å²) in [5.74, 6) is 1.85. The van der Waals surface area contributed by atoms with Crippen LogP contribution in [0.4, 0.5) is 0 Å². The number of furan rings is 1. The Balaban J connectivity index is 1.28. The van der Waals surface area contributed by atoms with Crippen molar-refractivity contribution in [1.82, 2.24) is 10.1 Å². The van der Waals surface area contributed by atoms with E-state index in [9.17, 15) is 9.90 Å². The predicted molar refractivity (Wildman–Crippen MR) is 147 cm³/mol. The molecule has 3 aromatic carbocycles. The molecule has 0 fully saturated rings. The number of rotatable bonds is 6. The summed E-state index contributed by atoms with van der Waals surface area (Å²) >= 11 is 0. The number of carbonyl (C=O) groups excluding carboxylic acids is 1. The molecular formula is C32H30N2O5. The minimum Gasteiger partial charge on any atom is -0.497 e. The Morgan fingerprint density at radius 3 is 2.67 bits per heavy atom. The summed E-state index contributed by atoms with van der Waals surface area (Å²) in [6.45, 7) is 4.18. The van der Waals surface area contributed by atoms with E-state index in [-0.39, 0.29) is 18.4 Å². The number of benzene rings is 3. The second-order valence-electron chi connectivity index (χ2n) is 10.1. The Labute approximate surface area is 226 Å². The van der Waals surface area contributed by atoms with Crippen molar-refractivity contribution in [2.45, 2.75) is 38.8 Å². The number of amides is 1. The Bertz CT molecular complexity index is 1630. The molecular weight excluding hydrogens is 492 g/mol. The minimum atomic E-state index is -0.979. The second-order valence-corrected chi connectivity index (χ2v) is 10.1. The number of nitrogens with zero attached hydrogens (tertiary/aromatic N) is 2. The lowest BCUT2D eigenvalue weighted by Gasteiger charge is -2.38. The van der Waals surface area contributed by atoms with Crippen LogP contribution in [0.15, 0.2) is 81.7 Å². The van der Waals surface area contributed by atoms with Gasteiger partial charge in [-0.25, -0.2) is 0 Å². The van der Waals surface area contributed by atoms with Crippen molar-refractivity contribution in [1.29, 1.82) is 0 Å². The van der Waals surface area contributed by atoms with Crippen molar-refractivity contribution in [3.63, 3.8) is 0 Å². The summed E-state index contributed by atoms with van der Waals surface area (Å²) in [4.78, 5) is 15.8. The van der Waals surface area contributed by atoms with E-state index in [1.54, 1.807) is 21.0 Å². The molecule has 39 heavy (non-hydrogen) atoms. The third-order valence-electron chi connectivity index (χ3n) is 7.60. The van der Waals surface area contributed by atoms with Crippen molar-refractivity contribution in [3.8, 4) is 5.75 Å². The van der Waals surface area contributed by atoms with Gasteiger partial charge in [0, 0.05) is 11.9 Å². The number of aromatic nitrogens is 1. The van der Waals surface area contributed by atoms with Crippen LogP contribution in [0.5, 0.6) is 5.75 Å². The number of methoxy groups -OCH3 is 1. The Kier molecular flexibility index (Phi) is 6.45. The van der Waals surface area contributed by atoms with E-state index < -0.39 is 6.10 Å². The summed E-state index contributed by atoms with van der Waals surface area (Å²) in [6, 6.07) is 23.7. The first-order valence-corrected chi connectivity index (χ1v) is 13.1. The third kappa shape index (κ3) is 4.59. The van der Waals surface area contributed by atoms with E-state index in [4.69, 9.17) is 13.7 Å². The van der Waals surface area contributed by atoms with Gasteiger partial charge in [-0.15, -0.1) is 0 Å². The Morgan fingerprint density at radius 1 is 1.10 bits per heavy atom. The van der Waals surface area contributed by atoms with Gasteiger partial charge in [0.05, 0.1) is 30.8 Å². The highest BCUT2D eigenvalue weighted by Gasteiger charge is 2.32. The first-order chi connectivity index (χ1) is 18.9. The van der Waals surface area contributed by atoms with E-state index in [1.165, 1.54) is 5.56 Å². The first-order valence-electron chi connectivity index (χ1n) is 13.1. The number of hydrogen-bond acceptors (Lipinski definition) is 6. The molecule has 0 saturated heterocycles. The van der Waals surface area contributed by atoms with Crippen LogP contribution in [0, 0.1) is 13.8 Å². The fourth-order valence-corrected chi connectivity index (χ4v) is 5.65. The number of aliphatic hydroxyl groups is 1. The topological polar surface area (TPSA) is 88.9 Å². The van der Waals surface area contributed by atoms with Crippen molar-refractivity contribution in [2.75, 3.05) is 13.7 Å². The van der Waals surface area contributed by atoms with E-state index in [1.807, 2.05) is 53.4 Å². The van der Waals surface area contributed by atoms with Crippen LogP contribution in [-0.2, 0) is 17.6 Å². The molecule has 0 aliphatic carbocycles. The average molecular weight is 523 g/mol. The second kappa shape index (κ2) is 10.1. The van der Waals surface area contributed by atoms with Crippen molar-refractivity contribution < 1.29 is 23.6 Å². The molecule has 7 nitrogen and oxygen atoms in total. The zero-order chi connectivity index (χ0) is 27.1. The molecule has 1 aliphatic heterocycles. The van der Waals surface area contributed by atoms with Crippen molar-refractivity contribution in [3.05, 3.63) is 118 Å². The summed E-state index contributed by atoms with van der Waals surface area (Å²) < 4.78 is 16.6. The fraction of sp³-hybridized carbons (Fsp3) is 0.250. The lowest BCUT2D eigenvalue weighted by Crippen LogP contribution is -2.41. The van der Waals surface area contributed by atoms with Crippen LogP contribution in [0.3, 0.4) is 0 Å². The predicted octanol–water partition coefficient (Wildman–Crippen LogP) is 5.84. The molecule has 1 amide bonds. The van der Waals surface area contributed by atoms with Gasteiger partial charge in [-0.05, 0) is 72.9 Å². The van der Waals surface area contributed by atoms with Crippen LogP contribution in [0.1, 0.15) is 57.2 Å². The number of fused-ring (bicyclic) bond motifs is 2. The average Bonchev–Trinajstić information content (AvgIpc) is 3.54. The molecule has 0 spiro atoms. The minimum absolute atomic E-state index is 0.0594. The van der Waals surface area contributed by atoms with Gasteiger partial charge in [0.15, 0.2) is 0 Å². The highest BCUT2D eigenvalue weighted by molar-refractivity contribution is 5.84. The number of aryl methyl sites for hydroxylation is 2. The van der Waals surface area contributed by atoms with Crippen LogP contribution < -0.4 is 4.74 Å². The number of aliphatic hydroxyl groups excluding tert-OH is 1. The first kappa shape index (κ1) is 24.9. The largest absolute Gasteiger partial charge is 0.497 e. The van der Waals surface area contributed by atoms with Crippen LogP contribution in [0.2, 0.25) is 0 Å². The van der Waals surface area contributed by atoms with E-state index in [2.05, 4.69) is 29.4 Å². The summed E-state index contributed by atoms with van der Waals surface area (Å²) in [6.07, 6.45) is 0.0515. The van der Waals surface area contributed by atoms with Gasteiger partial charge in [-0.1, -0.05) is 47.6 Å². The van der Waals surface area contributed by atoms with Crippen LogP contribution >= 0.6 is 0 Å². The molecule has 0 radical (unpaired) electrons. The molecule has 198 valence electrons. The molecule has 1 aliphatic rings. The summed E-state index contributed by atoms with van der Waals surface area (Å²) in [5, 5.41) is 15.7. The van der Waals surface area contributed by atoms with E-state index in [0.29, 0.717) is 34.9 Å². The highest BCUT2D eigenvalue weighted by Crippen LogP contribution is 2.37. The SMILES string of the molecule is COc1ccc2c(c1)CCN(C(=O)Cc1ccc3oc(C(O)c4c(C)noc4C)cc3c1)C2c1ccccc1. The van der Waals surface area contributed by atoms with Crippen LogP contribution in [0.25, 0.3) is 11.0 Å². The van der Waals surface area contributed by atoms with E-state index in [0.717, 1.165) is 34.2 Å². The van der Waals surface area contributed by atoms with Gasteiger partial charge in [-0.2, -0.15) is 0 Å². The van der Waals surface area contributed by atoms with Gasteiger partial charge in [0.2, 0.25) is 5.91 Å². The smallest absolute Gasteiger partial charge is 0.227 e. The Hall–Kier alpha value is -4.36. The molecule has 5 aromatic rings. The Morgan fingerprint density at radius 2 is 1.92 bits per heavy atom. The standard InChI is InChI=1S/C32H30N2O5/c1-19-30(20(2)39-33-19)32(36)28-18-24-15-21(9-12-27(24)38-28)16-29(35)34-14-13-23-17-25(37-3)10-11-26(23)31(34)22-7-5-4-6-8-22/h4-12,15,17-18,31-32,36H,13-14,16H2,1-3H3. The zero-order valence-electron chi connectivity index (χ0n) is 22.2. The molecule has 2 unspecified atom stereocenters. The molecule has 1 N–H and O–H groups in total. The van der Waals surface area contributed by atoms with Crippen LogP contribution in [-0.4, -0.2) is 34.7 Å². The molecule has 0 bridgehead atoms. The summed E-state index contributed by atoms with van der Waals surface area (Å²) in [5.41, 5.74) is 6.19. The molecule has 3 heterocycles. The maximum Gasteiger partial charge on any atom is 0.227 e. The maximum absolute atomic E-state index is 13.8. The summed E-state index contributed by atoms with van der Waals surface area (Å²) in [7, 11) is 1.67.